The number of thiophene rings is 1. The van der Waals surface area contributed by atoms with Gasteiger partial charge in [0.1, 0.15) is 17.2 Å². The molecule has 2 aromatic heterocycles. The van der Waals surface area contributed by atoms with E-state index in [-0.39, 0.29) is 18.0 Å². The molecule has 0 radical (unpaired) electrons. The van der Waals surface area contributed by atoms with Gasteiger partial charge in [-0.2, -0.15) is 0 Å². The monoisotopic (exact) mass is 390 g/mol. The van der Waals surface area contributed by atoms with E-state index in [1.807, 2.05) is 6.92 Å². The van der Waals surface area contributed by atoms with Crippen molar-refractivity contribution in [2.45, 2.75) is 66.0 Å². The molecule has 1 aliphatic rings. The van der Waals surface area contributed by atoms with Gasteiger partial charge in [0.15, 0.2) is 0 Å². The van der Waals surface area contributed by atoms with Crippen LogP contribution in [-0.4, -0.2) is 40.0 Å². The van der Waals surface area contributed by atoms with Crippen LogP contribution in [0.3, 0.4) is 0 Å². The smallest absolute Gasteiger partial charge is 0.263 e. The van der Waals surface area contributed by atoms with Crippen molar-refractivity contribution in [3.63, 3.8) is 0 Å². The number of rotatable bonds is 8. The maximum atomic E-state index is 13.4. The highest BCUT2D eigenvalue weighted by atomic mass is 32.1. The summed E-state index contributed by atoms with van der Waals surface area (Å²) in [6, 6.07) is 0. The van der Waals surface area contributed by atoms with Crippen molar-refractivity contribution >= 4 is 27.5 Å². The second-order valence-electron chi connectivity index (χ2n) is 7.12. The second kappa shape index (κ2) is 8.97. The zero-order valence-corrected chi connectivity index (χ0v) is 17.5. The van der Waals surface area contributed by atoms with Crippen LogP contribution in [0.4, 0.5) is 0 Å². The van der Waals surface area contributed by atoms with Gasteiger partial charge in [0.05, 0.1) is 11.9 Å². The number of carbonyl (C=O) groups excluding carboxylic acids is 1. The van der Waals surface area contributed by atoms with Crippen molar-refractivity contribution < 1.29 is 4.79 Å². The van der Waals surface area contributed by atoms with Crippen molar-refractivity contribution in [3.8, 4) is 0 Å². The topological polar surface area (TPSA) is 67.2 Å². The molecule has 7 heteroatoms. The van der Waals surface area contributed by atoms with E-state index in [4.69, 9.17) is 4.98 Å². The highest BCUT2D eigenvalue weighted by molar-refractivity contribution is 7.18. The second-order valence-corrected chi connectivity index (χ2v) is 8.21. The molecule has 1 amide bonds. The van der Waals surface area contributed by atoms with Crippen LogP contribution >= 0.6 is 11.3 Å². The SMILES string of the molecule is CCCNC(=O)Cn1c(CN(CC)CC)nc2sc3c(c2c1=O)CCCC3. The minimum Gasteiger partial charge on any atom is -0.355 e. The number of aryl methyl sites for hydroxylation is 2. The molecule has 0 bridgehead atoms. The molecule has 27 heavy (non-hydrogen) atoms. The first-order chi connectivity index (χ1) is 13.1. The lowest BCUT2D eigenvalue weighted by Crippen LogP contribution is -2.36. The summed E-state index contributed by atoms with van der Waals surface area (Å²) in [6.07, 6.45) is 5.17. The van der Waals surface area contributed by atoms with E-state index in [0.29, 0.717) is 18.9 Å². The van der Waals surface area contributed by atoms with Crippen molar-refractivity contribution in [2.24, 2.45) is 0 Å². The fourth-order valence-corrected chi connectivity index (χ4v) is 4.95. The molecule has 2 heterocycles. The first-order valence-electron chi connectivity index (χ1n) is 10.1. The Labute approximate surface area is 164 Å². The van der Waals surface area contributed by atoms with Crippen molar-refractivity contribution in [3.05, 3.63) is 26.6 Å². The summed E-state index contributed by atoms with van der Waals surface area (Å²) in [5.41, 5.74) is 1.13. The van der Waals surface area contributed by atoms with E-state index in [0.717, 1.165) is 49.0 Å². The highest BCUT2D eigenvalue weighted by Gasteiger charge is 2.23. The number of aromatic nitrogens is 2. The Hall–Kier alpha value is -1.73. The van der Waals surface area contributed by atoms with Gasteiger partial charge in [-0.3, -0.25) is 19.1 Å². The molecular weight excluding hydrogens is 360 g/mol. The lowest BCUT2D eigenvalue weighted by atomic mass is 9.97. The van der Waals surface area contributed by atoms with Crippen LogP contribution < -0.4 is 10.9 Å². The third-order valence-electron chi connectivity index (χ3n) is 5.29. The van der Waals surface area contributed by atoms with Crippen LogP contribution in [-0.2, 0) is 30.7 Å². The number of nitrogens with zero attached hydrogens (tertiary/aromatic N) is 3. The lowest BCUT2D eigenvalue weighted by Gasteiger charge is -2.20. The van der Waals surface area contributed by atoms with Gasteiger partial charge in [0.2, 0.25) is 5.91 Å². The van der Waals surface area contributed by atoms with E-state index >= 15 is 0 Å². The minimum absolute atomic E-state index is 0.0446. The highest BCUT2D eigenvalue weighted by Crippen LogP contribution is 2.33. The number of fused-ring (bicyclic) bond motifs is 3. The molecule has 0 saturated heterocycles. The third kappa shape index (κ3) is 4.24. The summed E-state index contributed by atoms with van der Waals surface area (Å²) in [7, 11) is 0. The molecule has 148 valence electrons. The van der Waals surface area contributed by atoms with Gasteiger partial charge < -0.3 is 5.32 Å². The van der Waals surface area contributed by atoms with E-state index in [9.17, 15) is 9.59 Å². The van der Waals surface area contributed by atoms with Crippen molar-refractivity contribution in [2.75, 3.05) is 19.6 Å². The third-order valence-corrected chi connectivity index (χ3v) is 6.47. The fourth-order valence-electron chi connectivity index (χ4n) is 3.68. The molecule has 0 unspecified atom stereocenters. The van der Waals surface area contributed by atoms with E-state index in [1.54, 1.807) is 15.9 Å². The van der Waals surface area contributed by atoms with Gasteiger partial charge in [-0.25, -0.2) is 4.98 Å². The molecule has 1 aliphatic carbocycles. The number of amides is 1. The molecule has 0 fully saturated rings. The predicted molar refractivity (Wildman–Crippen MR) is 110 cm³/mol. The Kier molecular flexibility index (Phi) is 6.65. The van der Waals surface area contributed by atoms with E-state index < -0.39 is 0 Å². The average Bonchev–Trinajstić information content (AvgIpc) is 3.05. The molecule has 0 saturated carbocycles. The molecule has 0 atom stereocenters. The summed E-state index contributed by atoms with van der Waals surface area (Å²) in [5, 5.41) is 3.63. The minimum atomic E-state index is -0.120. The average molecular weight is 391 g/mol. The maximum absolute atomic E-state index is 13.4. The van der Waals surface area contributed by atoms with Crippen LogP contribution in [0.2, 0.25) is 0 Å². The summed E-state index contributed by atoms with van der Waals surface area (Å²) in [4.78, 5) is 35.0. The predicted octanol–water partition coefficient (Wildman–Crippen LogP) is 2.70. The number of carbonyl (C=O) groups is 1. The van der Waals surface area contributed by atoms with Gasteiger partial charge in [-0.05, 0) is 50.8 Å². The molecule has 3 rings (SSSR count). The summed E-state index contributed by atoms with van der Waals surface area (Å²) >= 11 is 1.67. The molecule has 6 nitrogen and oxygen atoms in total. The van der Waals surface area contributed by atoms with Crippen LogP contribution in [0.1, 0.15) is 56.3 Å². The van der Waals surface area contributed by atoms with Crippen molar-refractivity contribution in [1.29, 1.82) is 0 Å². The van der Waals surface area contributed by atoms with Crippen LogP contribution in [0.25, 0.3) is 10.2 Å². The number of nitrogens with one attached hydrogen (secondary N) is 1. The van der Waals surface area contributed by atoms with E-state index in [1.165, 1.54) is 16.9 Å². The maximum Gasteiger partial charge on any atom is 0.263 e. The molecular formula is C20H30N4O2S. The molecule has 0 spiro atoms. The van der Waals surface area contributed by atoms with Gasteiger partial charge in [-0.1, -0.05) is 20.8 Å². The standard InChI is InChI=1S/C20H30N4O2S/c1-4-11-21-17(25)13-24-16(12-23(5-2)6-3)22-19-18(20(24)26)14-9-7-8-10-15(14)27-19/h4-13H2,1-3H3,(H,21,25). The molecule has 0 aromatic carbocycles. The zero-order valence-electron chi connectivity index (χ0n) is 16.6. The van der Waals surface area contributed by atoms with Gasteiger partial charge in [0.25, 0.3) is 5.56 Å². The molecule has 2 aromatic rings. The fraction of sp³-hybridized carbons (Fsp3) is 0.650. The summed E-state index contributed by atoms with van der Waals surface area (Å²) in [5.74, 6) is 0.575. The molecule has 1 N–H and O–H groups in total. The van der Waals surface area contributed by atoms with Crippen LogP contribution in [0.15, 0.2) is 4.79 Å². The Morgan fingerprint density at radius 1 is 1.22 bits per heavy atom. The largest absolute Gasteiger partial charge is 0.355 e. The van der Waals surface area contributed by atoms with Crippen LogP contribution in [0, 0.1) is 0 Å². The zero-order chi connectivity index (χ0) is 19.4. The van der Waals surface area contributed by atoms with Crippen LogP contribution in [0.5, 0.6) is 0 Å². The Morgan fingerprint density at radius 2 is 1.96 bits per heavy atom. The number of hydrogen-bond donors (Lipinski definition) is 1. The Bertz CT molecular complexity index is 867. The van der Waals surface area contributed by atoms with Gasteiger partial charge in [0, 0.05) is 11.4 Å². The number of hydrogen-bond acceptors (Lipinski definition) is 5. The lowest BCUT2D eigenvalue weighted by molar-refractivity contribution is -0.121. The van der Waals surface area contributed by atoms with Gasteiger partial charge in [-0.15, -0.1) is 11.3 Å². The first-order valence-corrected chi connectivity index (χ1v) is 10.9. The normalized spacial score (nSPS) is 13.9. The van der Waals surface area contributed by atoms with E-state index in [2.05, 4.69) is 24.1 Å². The Balaban J connectivity index is 2.08. The van der Waals surface area contributed by atoms with Crippen molar-refractivity contribution in [1.82, 2.24) is 19.8 Å². The first kappa shape index (κ1) is 20.0. The molecule has 0 aliphatic heterocycles. The van der Waals surface area contributed by atoms with Gasteiger partial charge >= 0.3 is 0 Å². The summed E-state index contributed by atoms with van der Waals surface area (Å²) < 4.78 is 1.60. The Morgan fingerprint density at radius 3 is 2.67 bits per heavy atom. The summed E-state index contributed by atoms with van der Waals surface area (Å²) in [6.45, 7) is 9.24. The quantitative estimate of drug-likeness (QED) is 0.753.